The Morgan fingerprint density at radius 2 is 1.51 bits per heavy atom. The summed E-state index contributed by atoms with van der Waals surface area (Å²) in [5.41, 5.74) is 4.43. The van der Waals surface area contributed by atoms with Crippen LogP contribution in [0, 0.1) is 5.82 Å². The van der Waals surface area contributed by atoms with E-state index >= 15 is 0 Å². The van der Waals surface area contributed by atoms with Gasteiger partial charge < -0.3 is 20.1 Å². The van der Waals surface area contributed by atoms with Gasteiger partial charge in [0.05, 0.1) is 24.1 Å². The molecule has 5 rings (SSSR count). The molecule has 0 radical (unpaired) electrons. The predicted molar refractivity (Wildman–Crippen MR) is 171 cm³/mol. The first-order valence-electron chi connectivity index (χ1n) is 14.1. The monoisotopic (exact) mass is 604 g/mol. The van der Waals surface area contributed by atoms with Crippen molar-refractivity contribution in [2.75, 3.05) is 17.2 Å². The molecule has 0 bridgehead atoms. The average Bonchev–Trinajstić information content (AvgIpc) is 3.06. The van der Waals surface area contributed by atoms with Gasteiger partial charge in [0.1, 0.15) is 23.9 Å². The van der Waals surface area contributed by atoms with E-state index in [2.05, 4.69) is 21.2 Å². The third-order valence-corrected chi connectivity index (χ3v) is 6.65. The fourth-order valence-corrected chi connectivity index (χ4v) is 4.45. The summed E-state index contributed by atoms with van der Waals surface area (Å²) in [6.45, 7) is 2.58. The third-order valence-electron chi connectivity index (χ3n) is 6.65. The van der Waals surface area contributed by atoms with Crippen LogP contribution in [0.2, 0.25) is 0 Å². The first-order chi connectivity index (χ1) is 21.9. The summed E-state index contributed by atoms with van der Waals surface area (Å²) >= 11 is 0. The van der Waals surface area contributed by atoms with E-state index in [1.54, 1.807) is 54.6 Å². The standard InChI is InChI=1S/C35H29FN4O5/c1-2-44-27-18-16-26(17-19-27)38-33(41)29-9-5-6-10-31(29)39-34(42)35(43)40-37-21-30-28-8-4-3-7-24(28)13-20-32(30)45-22-23-11-14-25(36)15-12-23/h3-21H,2,22H2,1H3,(H,38,41)(H,39,42)(H,40,43)/b37-21+. The Morgan fingerprint density at radius 3 is 2.29 bits per heavy atom. The highest BCUT2D eigenvalue weighted by Gasteiger charge is 2.18. The van der Waals surface area contributed by atoms with Crippen molar-refractivity contribution >= 4 is 46.1 Å². The van der Waals surface area contributed by atoms with Gasteiger partial charge in [-0.3, -0.25) is 14.4 Å². The summed E-state index contributed by atoms with van der Waals surface area (Å²) in [7, 11) is 0. The molecule has 226 valence electrons. The summed E-state index contributed by atoms with van der Waals surface area (Å²) in [5.74, 6) is -1.72. The second-order valence-electron chi connectivity index (χ2n) is 9.72. The van der Waals surface area contributed by atoms with Crippen molar-refractivity contribution in [3.63, 3.8) is 0 Å². The van der Waals surface area contributed by atoms with E-state index < -0.39 is 17.7 Å². The summed E-state index contributed by atoms with van der Waals surface area (Å²) in [6.07, 6.45) is 1.39. The minimum atomic E-state index is -1.04. The Balaban J connectivity index is 1.25. The second kappa shape index (κ2) is 14.4. The van der Waals surface area contributed by atoms with Crippen LogP contribution < -0.4 is 25.5 Å². The van der Waals surface area contributed by atoms with Crippen molar-refractivity contribution in [2.24, 2.45) is 5.10 Å². The number of anilines is 2. The Hall–Kier alpha value is -6.03. The van der Waals surface area contributed by atoms with E-state index in [1.165, 1.54) is 30.5 Å². The van der Waals surface area contributed by atoms with Gasteiger partial charge in [-0.15, -0.1) is 0 Å². The van der Waals surface area contributed by atoms with E-state index in [4.69, 9.17) is 9.47 Å². The van der Waals surface area contributed by atoms with Gasteiger partial charge in [-0.25, -0.2) is 9.82 Å². The van der Waals surface area contributed by atoms with Gasteiger partial charge in [0.2, 0.25) is 0 Å². The molecule has 3 N–H and O–H groups in total. The second-order valence-corrected chi connectivity index (χ2v) is 9.72. The number of carbonyl (C=O) groups is 3. The number of benzene rings is 5. The zero-order valence-electron chi connectivity index (χ0n) is 24.3. The Morgan fingerprint density at radius 1 is 0.778 bits per heavy atom. The highest BCUT2D eigenvalue weighted by atomic mass is 19.1. The number of carbonyl (C=O) groups excluding carboxylic acids is 3. The summed E-state index contributed by atoms with van der Waals surface area (Å²) in [5, 5.41) is 11.0. The number of hydrogen-bond acceptors (Lipinski definition) is 6. The molecule has 0 spiro atoms. The maximum absolute atomic E-state index is 13.3. The van der Waals surface area contributed by atoms with E-state index in [0.29, 0.717) is 29.4 Å². The van der Waals surface area contributed by atoms with Gasteiger partial charge in [-0.2, -0.15) is 5.10 Å². The van der Waals surface area contributed by atoms with Crippen molar-refractivity contribution in [3.05, 3.63) is 132 Å². The number of fused-ring (bicyclic) bond motifs is 1. The van der Waals surface area contributed by atoms with Crippen molar-refractivity contribution in [1.29, 1.82) is 0 Å². The lowest BCUT2D eigenvalue weighted by atomic mass is 10.0. The molecule has 0 aliphatic rings. The van der Waals surface area contributed by atoms with Crippen LogP contribution in [-0.4, -0.2) is 30.5 Å². The van der Waals surface area contributed by atoms with Crippen LogP contribution in [0.15, 0.2) is 114 Å². The normalized spacial score (nSPS) is 10.8. The van der Waals surface area contributed by atoms with Crippen LogP contribution in [0.4, 0.5) is 15.8 Å². The van der Waals surface area contributed by atoms with E-state index in [1.807, 2.05) is 37.3 Å². The SMILES string of the molecule is CCOc1ccc(NC(=O)c2ccccc2NC(=O)C(=O)N/N=C/c2c(OCc3ccc(F)cc3)ccc3ccccc23)cc1. The van der Waals surface area contributed by atoms with Crippen LogP contribution in [-0.2, 0) is 16.2 Å². The zero-order chi connectivity index (χ0) is 31.6. The Kier molecular flexibility index (Phi) is 9.76. The highest BCUT2D eigenvalue weighted by Crippen LogP contribution is 2.27. The summed E-state index contributed by atoms with van der Waals surface area (Å²) in [4.78, 5) is 38.4. The lowest BCUT2D eigenvalue weighted by Crippen LogP contribution is -2.33. The Bertz CT molecular complexity index is 1860. The molecule has 0 atom stereocenters. The molecule has 0 aliphatic carbocycles. The van der Waals surface area contributed by atoms with Crippen LogP contribution in [0.5, 0.6) is 11.5 Å². The minimum Gasteiger partial charge on any atom is -0.494 e. The Labute approximate surface area is 258 Å². The molecule has 0 aromatic heterocycles. The molecule has 0 unspecified atom stereocenters. The molecule has 5 aromatic rings. The average molecular weight is 605 g/mol. The van der Waals surface area contributed by atoms with E-state index in [9.17, 15) is 18.8 Å². The minimum absolute atomic E-state index is 0.149. The van der Waals surface area contributed by atoms with Crippen molar-refractivity contribution in [2.45, 2.75) is 13.5 Å². The number of nitrogens with zero attached hydrogens (tertiary/aromatic N) is 1. The molecule has 0 heterocycles. The van der Waals surface area contributed by atoms with Gasteiger partial charge in [0.15, 0.2) is 0 Å². The van der Waals surface area contributed by atoms with Crippen LogP contribution in [0.1, 0.15) is 28.4 Å². The molecule has 5 aromatic carbocycles. The number of hydrogen-bond donors (Lipinski definition) is 3. The van der Waals surface area contributed by atoms with Crippen molar-refractivity contribution < 1.29 is 28.2 Å². The van der Waals surface area contributed by atoms with E-state index in [0.717, 1.165) is 16.3 Å². The van der Waals surface area contributed by atoms with Gasteiger partial charge in [-0.05, 0) is 77.9 Å². The molecule has 0 aliphatic heterocycles. The maximum atomic E-state index is 13.3. The van der Waals surface area contributed by atoms with Crippen LogP contribution in [0.25, 0.3) is 10.8 Å². The lowest BCUT2D eigenvalue weighted by Gasteiger charge is -2.12. The molecular formula is C35H29FN4O5. The molecule has 0 fully saturated rings. The molecule has 3 amide bonds. The third kappa shape index (κ3) is 7.88. The fourth-order valence-electron chi connectivity index (χ4n) is 4.45. The highest BCUT2D eigenvalue weighted by molar-refractivity contribution is 6.40. The largest absolute Gasteiger partial charge is 0.494 e. The van der Waals surface area contributed by atoms with Gasteiger partial charge in [0, 0.05) is 11.3 Å². The molecule has 0 saturated carbocycles. The maximum Gasteiger partial charge on any atom is 0.329 e. The van der Waals surface area contributed by atoms with Crippen LogP contribution in [0.3, 0.4) is 0 Å². The first kappa shape index (κ1) is 30.4. The van der Waals surface area contributed by atoms with Gasteiger partial charge in [0.25, 0.3) is 5.91 Å². The first-order valence-corrected chi connectivity index (χ1v) is 14.1. The lowest BCUT2D eigenvalue weighted by molar-refractivity contribution is -0.136. The van der Waals surface area contributed by atoms with Gasteiger partial charge in [-0.1, -0.05) is 54.6 Å². The van der Waals surface area contributed by atoms with Crippen LogP contribution >= 0.6 is 0 Å². The van der Waals surface area contributed by atoms with Crippen molar-refractivity contribution in [3.8, 4) is 11.5 Å². The topological polar surface area (TPSA) is 118 Å². The molecule has 10 heteroatoms. The zero-order valence-corrected chi connectivity index (χ0v) is 24.3. The molecule has 9 nitrogen and oxygen atoms in total. The molecule has 45 heavy (non-hydrogen) atoms. The fraction of sp³-hybridized carbons (Fsp3) is 0.0857. The predicted octanol–water partition coefficient (Wildman–Crippen LogP) is 6.30. The summed E-state index contributed by atoms with van der Waals surface area (Å²) in [6, 6.07) is 30.4. The number of para-hydroxylation sites is 1. The number of hydrazone groups is 1. The van der Waals surface area contributed by atoms with E-state index in [-0.39, 0.29) is 23.7 Å². The number of ether oxygens (including phenoxy) is 2. The van der Waals surface area contributed by atoms with Crippen molar-refractivity contribution in [1.82, 2.24) is 5.43 Å². The summed E-state index contributed by atoms with van der Waals surface area (Å²) < 4.78 is 24.7. The number of halogens is 1. The number of nitrogens with one attached hydrogen (secondary N) is 3. The number of amides is 3. The molecule has 0 saturated heterocycles. The van der Waals surface area contributed by atoms with Gasteiger partial charge >= 0.3 is 11.8 Å². The molecular weight excluding hydrogens is 575 g/mol. The quantitative estimate of drug-likeness (QED) is 0.0983. The number of rotatable bonds is 10. The smallest absolute Gasteiger partial charge is 0.329 e.